The highest BCUT2D eigenvalue weighted by atomic mass is 19.1. The van der Waals surface area contributed by atoms with Gasteiger partial charge in [0.2, 0.25) is 0 Å². The first-order valence-electron chi connectivity index (χ1n) is 7.75. The van der Waals surface area contributed by atoms with E-state index >= 15 is 0 Å². The quantitative estimate of drug-likeness (QED) is 0.759. The molecule has 0 spiro atoms. The van der Waals surface area contributed by atoms with Crippen molar-refractivity contribution in [1.82, 2.24) is 20.5 Å². The van der Waals surface area contributed by atoms with Gasteiger partial charge in [-0.05, 0) is 67.9 Å². The van der Waals surface area contributed by atoms with Crippen LogP contribution in [0, 0.1) is 5.82 Å². The summed E-state index contributed by atoms with van der Waals surface area (Å²) < 4.78 is 12.9. The van der Waals surface area contributed by atoms with Crippen LogP contribution in [0.5, 0.6) is 0 Å². The lowest BCUT2D eigenvalue weighted by Gasteiger charge is -2.03. The Labute approximate surface area is 134 Å². The minimum atomic E-state index is -0.247. The van der Waals surface area contributed by atoms with Crippen LogP contribution in [0.15, 0.2) is 55.0 Å². The number of H-pyrrole nitrogens is 1. The van der Waals surface area contributed by atoms with Gasteiger partial charge in [0, 0.05) is 23.5 Å². The third kappa shape index (κ3) is 4.02. The van der Waals surface area contributed by atoms with Gasteiger partial charge in [-0.15, -0.1) is 0 Å². The average molecular weight is 310 g/mol. The average Bonchev–Trinajstić information content (AvgIpc) is 3.31. The standard InChI is InChI=1S/C14H10FN3.C4H9N/c15-12-3-1-11(2-4-12)14-13(9-17-18-14)10-5-7-16-8-6-10;1-2-4-5-3-1/h1-9H,(H,17,18);5H,1-4H2. The Morgan fingerprint density at radius 3 is 2.17 bits per heavy atom. The molecule has 0 amide bonds. The monoisotopic (exact) mass is 310 g/mol. The zero-order chi connectivity index (χ0) is 15.9. The predicted molar refractivity (Wildman–Crippen MR) is 89.3 cm³/mol. The number of aromatic amines is 1. The molecular formula is C18H19FN4. The van der Waals surface area contributed by atoms with Crippen molar-refractivity contribution in [2.75, 3.05) is 13.1 Å². The van der Waals surface area contributed by atoms with Crippen molar-refractivity contribution in [3.63, 3.8) is 0 Å². The number of rotatable bonds is 2. The van der Waals surface area contributed by atoms with E-state index in [9.17, 15) is 4.39 Å². The third-order valence-electron chi connectivity index (χ3n) is 3.72. The maximum atomic E-state index is 12.9. The molecule has 0 unspecified atom stereocenters. The van der Waals surface area contributed by atoms with Crippen molar-refractivity contribution in [2.45, 2.75) is 12.8 Å². The summed E-state index contributed by atoms with van der Waals surface area (Å²) in [4.78, 5) is 3.99. The van der Waals surface area contributed by atoms with Crippen LogP contribution in [0.3, 0.4) is 0 Å². The molecule has 1 aliphatic heterocycles. The lowest BCUT2D eigenvalue weighted by Crippen LogP contribution is -2.03. The predicted octanol–water partition coefficient (Wildman–Crippen LogP) is 3.65. The third-order valence-corrected chi connectivity index (χ3v) is 3.72. The van der Waals surface area contributed by atoms with Crippen LogP contribution in [-0.2, 0) is 0 Å². The van der Waals surface area contributed by atoms with Crippen LogP contribution in [0.2, 0.25) is 0 Å². The molecule has 0 aliphatic carbocycles. The van der Waals surface area contributed by atoms with E-state index in [0.29, 0.717) is 0 Å². The molecule has 0 bridgehead atoms. The van der Waals surface area contributed by atoms with E-state index in [1.165, 1.54) is 38.1 Å². The summed E-state index contributed by atoms with van der Waals surface area (Å²) in [5.41, 5.74) is 3.78. The van der Waals surface area contributed by atoms with E-state index in [2.05, 4.69) is 20.5 Å². The first-order valence-corrected chi connectivity index (χ1v) is 7.75. The van der Waals surface area contributed by atoms with Gasteiger partial charge in [-0.2, -0.15) is 5.10 Å². The Kier molecular flexibility index (Phi) is 5.11. The molecule has 1 aromatic carbocycles. The van der Waals surface area contributed by atoms with Crippen LogP contribution >= 0.6 is 0 Å². The number of nitrogens with zero attached hydrogens (tertiary/aromatic N) is 2. The van der Waals surface area contributed by atoms with E-state index in [1.54, 1.807) is 30.7 Å². The fourth-order valence-electron chi connectivity index (χ4n) is 2.50. The molecule has 1 saturated heterocycles. The molecular weight excluding hydrogens is 291 g/mol. The zero-order valence-corrected chi connectivity index (χ0v) is 12.8. The van der Waals surface area contributed by atoms with Crippen LogP contribution in [-0.4, -0.2) is 28.3 Å². The van der Waals surface area contributed by atoms with Crippen molar-refractivity contribution in [3.8, 4) is 22.4 Å². The molecule has 4 rings (SSSR count). The molecule has 1 aliphatic rings. The van der Waals surface area contributed by atoms with Gasteiger partial charge in [0.05, 0.1) is 11.9 Å². The Morgan fingerprint density at radius 1 is 0.870 bits per heavy atom. The Balaban J connectivity index is 0.000000267. The van der Waals surface area contributed by atoms with E-state index in [4.69, 9.17) is 0 Å². The van der Waals surface area contributed by atoms with Gasteiger partial charge in [-0.25, -0.2) is 4.39 Å². The van der Waals surface area contributed by atoms with Crippen molar-refractivity contribution < 1.29 is 4.39 Å². The van der Waals surface area contributed by atoms with Crippen molar-refractivity contribution in [2.24, 2.45) is 0 Å². The Morgan fingerprint density at radius 2 is 1.57 bits per heavy atom. The molecule has 3 heterocycles. The summed E-state index contributed by atoms with van der Waals surface area (Å²) in [5, 5.41) is 10.2. The van der Waals surface area contributed by atoms with Gasteiger partial charge in [-0.3, -0.25) is 10.1 Å². The van der Waals surface area contributed by atoms with Gasteiger partial charge in [0.25, 0.3) is 0 Å². The van der Waals surface area contributed by atoms with E-state index in [1.807, 2.05) is 12.1 Å². The lowest BCUT2D eigenvalue weighted by molar-refractivity contribution is 0.628. The maximum Gasteiger partial charge on any atom is 0.123 e. The molecule has 3 aromatic rings. The fourth-order valence-corrected chi connectivity index (χ4v) is 2.50. The number of hydrogen-bond donors (Lipinski definition) is 2. The Hall–Kier alpha value is -2.53. The van der Waals surface area contributed by atoms with Crippen molar-refractivity contribution >= 4 is 0 Å². The second-order valence-corrected chi connectivity index (χ2v) is 5.36. The lowest BCUT2D eigenvalue weighted by atomic mass is 10.0. The van der Waals surface area contributed by atoms with Crippen LogP contribution in [0.25, 0.3) is 22.4 Å². The first-order chi connectivity index (χ1) is 11.3. The van der Waals surface area contributed by atoms with E-state index in [-0.39, 0.29) is 5.82 Å². The van der Waals surface area contributed by atoms with Gasteiger partial charge < -0.3 is 5.32 Å². The Bertz CT molecular complexity index is 711. The molecule has 2 N–H and O–H groups in total. The van der Waals surface area contributed by atoms with Gasteiger partial charge in [-0.1, -0.05) is 0 Å². The highest BCUT2D eigenvalue weighted by Crippen LogP contribution is 2.29. The molecule has 5 heteroatoms. The second kappa shape index (κ2) is 7.65. The number of benzene rings is 1. The van der Waals surface area contributed by atoms with Gasteiger partial charge >= 0.3 is 0 Å². The van der Waals surface area contributed by atoms with Crippen LogP contribution < -0.4 is 5.32 Å². The maximum absolute atomic E-state index is 12.9. The topological polar surface area (TPSA) is 53.6 Å². The van der Waals surface area contributed by atoms with Crippen molar-refractivity contribution in [1.29, 1.82) is 0 Å². The highest BCUT2D eigenvalue weighted by Gasteiger charge is 2.09. The molecule has 4 nitrogen and oxygen atoms in total. The van der Waals surface area contributed by atoms with Gasteiger partial charge in [0.1, 0.15) is 5.82 Å². The molecule has 1 fully saturated rings. The van der Waals surface area contributed by atoms with Crippen LogP contribution in [0.4, 0.5) is 4.39 Å². The number of pyridine rings is 1. The SMILES string of the molecule is C1CCNC1.Fc1ccc(-c2[nH]ncc2-c2ccncc2)cc1. The van der Waals surface area contributed by atoms with E-state index in [0.717, 1.165) is 22.4 Å². The molecule has 0 atom stereocenters. The molecule has 2 aromatic heterocycles. The molecule has 0 saturated carbocycles. The minimum Gasteiger partial charge on any atom is -0.317 e. The molecule has 0 radical (unpaired) electrons. The summed E-state index contributed by atoms with van der Waals surface area (Å²) >= 11 is 0. The molecule has 23 heavy (non-hydrogen) atoms. The number of hydrogen-bond acceptors (Lipinski definition) is 3. The second-order valence-electron chi connectivity index (χ2n) is 5.36. The smallest absolute Gasteiger partial charge is 0.123 e. The minimum absolute atomic E-state index is 0.247. The zero-order valence-electron chi connectivity index (χ0n) is 12.8. The largest absolute Gasteiger partial charge is 0.317 e. The van der Waals surface area contributed by atoms with E-state index < -0.39 is 0 Å². The fraction of sp³-hybridized carbons (Fsp3) is 0.222. The number of aromatic nitrogens is 3. The normalized spacial score (nSPS) is 13.4. The first kappa shape index (κ1) is 15.4. The summed E-state index contributed by atoms with van der Waals surface area (Å²) in [6.07, 6.45) is 8.00. The van der Waals surface area contributed by atoms with Crippen molar-refractivity contribution in [3.05, 3.63) is 60.8 Å². The summed E-state index contributed by atoms with van der Waals surface area (Å²) in [5.74, 6) is -0.247. The summed E-state index contributed by atoms with van der Waals surface area (Å²) in [7, 11) is 0. The molecule has 118 valence electrons. The highest BCUT2D eigenvalue weighted by molar-refractivity contribution is 5.79. The summed E-state index contributed by atoms with van der Waals surface area (Å²) in [6.45, 7) is 2.50. The van der Waals surface area contributed by atoms with Gasteiger partial charge in [0.15, 0.2) is 0 Å². The number of nitrogens with one attached hydrogen (secondary N) is 2. The van der Waals surface area contributed by atoms with Crippen LogP contribution in [0.1, 0.15) is 12.8 Å². The number of halogens is 1. The summed E-state index contributed by atoms with van der Waals surface area (Å²) in [6, 6.07) is 10.2.